The third-order valence-corrected chi connectivity index (χ3v) is 2.65. The molecule has 0 amide bonds. The minimum absolute atomic E-state index is 0.0538. The van der Waals surface area contributed by atoms with Crippen molar-refractivity contribution in [1.29, 1.82) is 0 Å². The van der Waals surface area contributed by atoms with Gasteiger partial charge in [-0.15, -0.1) is 0 Å². The standard InChI is InChI=1S/C10H14N4O3/c1-2-11-9-8(14(15)16)10(13-6-12-9)17-7-4-3-5-7/h6-7H,2-5H2,1H3,(H,11,12,13). The maximum absolute atomic E-state index is 11.0. The molecule has 92 valence electrons. The van der Waals surface area contributed by atoms with Crippen LogP contribution in [0.5, 0.6) is 5.88 Å². The zero-order valence-electron chi connectivity index (χ0n) is 9.55. The summed E-state index contributed by atoms with van der Waals surface area (Å²) in [6.07, 6.45) is 4.29. The minimum atomic E-state index is -0.508. The number of nitrogens with one attached hydrogen (secondary N) is 1. The number of rotatable bonds is 5. The molecule has 0 aromatic carbocycles. The van der Waals surface area contributed by atoms with Gasteiger partial charge in [0, 0.05) is 6.54 Å². The lowest BCUT2D eigenvalue weighted by atomic mass is 9.96. The molecule has 1 fully saturated rings. The summed E-state index contributed by atoms with van der Waals surface area (Å²) in [6.45, 7) is 2.40. The number of hydrogen-bond donors (Lipinski definition) is 1. The first-order valence-corrected chi connectivity index (χ1v) is 5.62. The van der Waals surface area contributed by atoms with E-state index in [1.54, 1.807) is 0 Å². The summed E-state index contributed by atoms with van der Waals surface area (Å²) < 4.78 is 5.50. The van der Waals surface area contributed by atoms with Gasteiger partial charge in [0.15, 0.2) is 0 Å². The van der Waals surface area contributed by atoms with E-state index in [2.05, 4.69) is 15.3 Å². The van der Waals surface area contributed by atoms with Crippen molar-refractivity contribution in [2.45, 2.75) is 32.3 Å². The maximum atomic E-state index is 11.0. The summed E-state index contributed by atoms with van der Waals surface area (Å²) in [5.41, 5.74) is -0.179. The Morgan fingerprint density at radius 3 is 2.88 bits per heavy atom. The molecule has 0 bridgehead atoms. The van der Waals surface area contributed by atoms with E-state index in [1.807, 2.05) is 6.92 Å². The van der Waals surface area contributed by atoms with Crippen LogP contribution in [0.4, 0.5) is 11.5 Å². The number of anilines is 1. The molecule has 7 nitrogen and oxygen atoms in total. The fraction of sp³-hybridized carbons (Fsp3) is 0.600. The zero-order valence-corrected chi connectivity index (χ0v) is 9.55. The molecule has 1 aromatic heterocycles. The Hall–Kier alpha value is -1.92. The third-order valence-electron chi connectivity index (χ3n) is 2.65. The van der Waals surface area contributed by atoms with Crippen molar-refractivity contribution >= 4 is 11.5 Å². The molecule has 0 unspecified atom stereocenters. The Morgan fingerprint density at radius 2 is 2.35 bits per heavy atom. The second-order valence-corrected chi connectivity index (χ2v) is 3.83. The molecule has 1 heterocycles. The predicted octanol–water partition coefficient (Wildman–Crippen LogP) is 1.75. The second kappa shape index (κ2) is 4.94. The first-order chi connectivity index (χ1) is 8.22. The van der Waals surface area contributed by atoms with Gasteiger partial charge < -0.3 is 10.1 Å². The molecular formula is C10H14N4O3. The van der Waals surface area contributed by atoms with Gasteiger partial charge in [0.1, 0.15) is 12.4 Å². The van der Waals surface area contributed by atoms with Crippen LogP contribution in [0.25, 0.3) is 0 Å². The molecule has 7 heteroatoms. The lowest BCUT2D eigenvalue weighted by Crippen LogP contribution is -2.25. The van der Waals surface area contributed by atoms with E-state index in [1.165, 1.54) is 6.33 Å². The topological polar surface area (TPSA) is 90.2 Å². The Labute approximate surface area is 98.4 Å². The average molecular weight is 238 g/mol. The SMILES string of the molecule is CCNc1ncnc(OC2CCC2)c1[N+](=O)[O-]. The summed E-state index contributed by atoms with van der Waals surface area (Å²) in [4.78, 5) is 18.2. The van der Waals surface area contributed by atoms with Gasteiger partial charge in [-0.05, 0) is 26.2 Å². The van der Waals surface area contributed by atoms with E-state index in [-0.39, 0.29) is 23.5 Å². The van der Waals surface area contributed by atoms with Gasteiger partial charge in [0.05, 0.1) is 4.92 Å². The average Bonchev–Trinajstić information content (AvgIpc) is 2.23. The van der Waals surface area contributed by atoms with Crippen LogP contribution in [0.1, 0.15) is 26.2 Å². The van der Waals surface area contributed by atoms with Crippen molar-refractivity contribution < 1.29 is 9.66 Å². The van der Waals surface area contributed by atoms with Crippen molar-refractivity contribution in [2.24, 2.45) is 0 Å². The Bertz CT molecular complexity index is 420. The van der Waals surface area contributed by atoms with E-state index in [0.29, 0.717) is 6.54 Å². The quantitative estimate of drug-likeness (QED) is 0.620. The lowest BCUT2D eigenvalue weighted by Gasteiger charge is -2.25. The monoisotopic (exact) mass is 238 g/mol. The van der Waals surface area contributed by atoms with E-state index in [4.69, 9.17) is 4.74 Å². The fourth-order valence-electron chi connectivity index (χ4n) is 1.56. The van der Waals surface area contributed by atoms with Crippen LogP contribution in [0.15, 0.2) is 6.33 Å². The van der Waals surface area contributed by atoms with Gasteiger partial charge in [0.2, 0.25) is 5.82 Å². The van der Waals surface area contributed by atoms with E-state index in [9.17, 15) is 10.1 Å². The molecule has 1 saturated carbocycles. The number of aromatic nitrogens is 2. The first kappa shape index (κ1) is 11.6. The summed E-state index contributed by atoms with van der Waals surface area (Å²) in [6, 6.07) is 0. The van der Waals surface area contributed by atoms with Crippen LogP contribution in [0.2, 0.25) is 0 Å². The molecule has 0 spiro atoms. The van der Waals surface area contributed by atoms with Crippen LogP contribution in [0, 0.1) is 10.1 Å². The lowest BCUT2D eigenvalue weighted by molar-refractivity contribution is -0.385. The van der Waals surface area contributed by atoms with Crippen LogP contribution < -0.4 is 10.1 Å². The zero-order chi connectivity index (χ0) is 12.3. The Morgan fingerprint density at radius 1 is 1.59 bits per heavy atom. The number of nitro groups is 1. The van der Waals surface area contributed by atoms with Gasteiger partial charge >= 0.3 is 5.69 Å². The maximum Gasteiger partial charge on any atom is 0.372 e. The smallest absolute Gasteiger partial charge is 0.372 e. The molecule has 0 atom stereocenters. The fourth-order valence-corrected chi connectivity index (χ4v) is 1.56. The highest BCUT2D eigenvalue weighted by atomic mass is 16.6. The highest BCUT2D eigenvalue weighted by molar-refractivity contribution is 5.61. The van der Waals surface area contributed by atoms with Crippen LogP contribution >= 0.6 is 0 Å². The highest BCUT2D eigenvalue weighted by Crippen LogP contribution is 2.34. The Kier molecular flexibility index (Phi) is 3.36. The molecule has 2 rings (SSSR count). The molecule has 1 N–H and O–H groups in total. The third kappa shape index (κ3) is 2.43. The van der Waals surface area contributed by atoms with Crippen molar-refractivity contribution in [3.8, 4) is 5.88 Å². The molecule has 1 aromatic rings. The van der Waals surface area contributed by atoms with Gasteiger partial charge in [-0.1, -0.05) is 0 Å². The van der Waals surface area contributed by atoms with E-state index >= 15 is 0 Å². The summed E-state index contributed by atoms with van der Waals surface area (Å²) >= 11 is 0. The molecule has 1 aliphatic carbocycles. The van der Waals surface area contributed by atoms with Crippen molar-refractivity contribution in [3.63, 3.8) is 0 Å². The second-order valence-electron chi connectivity index (χ2n) is 3.83. The highest BCUT2D eigenvalue weighted by Gasteiger charge is 2.28. The predicted molar refractivity (Wildman–Crippen MR) is 61.1 cm³/mol. The number of nitrogens with zero attached hydrogens (tertiary/aromatic N) is 3. The number of hydrogen-bond acceptors (Lipinski definition) is 6. The molecule has 0 radical (unpaired) electrons. The molecule has 1 aliphatic rings. The van der Waals surface area contributed by atoms with Gasteiger partial charge in [-0.3, -0.25) is 10.1 Å². The van der Waals surface area contributed by atoms with Gasteiger partial charge in [-0.25, -0.2) is 4.98 Å². The summed E-state index contributed by atoms with van der Waals surface area (Å²) in [5.74, 6) is 0.271. The molecular weight excluding hydrogens is 224 g/mol. The van der Waals surface area contributed by atoms with Crippen LogP contribution in [-0.2, 0) is 0 Å². The molecule has 0 aliphatic heterocycles. The van der Waals surface area contributed by atoms with Crippen molar-refractivity contribution in [3.05, 3.63) is 16.4 Å². The normalized spacial score (nSPS) is 15.1. The molecule has 17 heavy (non-hydrogen) atoms. The molecule has 0 saturated heterocycles. The summed E-state index contributed by atoms with van der Waals surface area (Å²) in [7, 11) is 0. The Balaban J connectivity index is 2.28. The largest absolute Gasteiger partial charge is 0.469 e. The van der Waals surface area contributed by atoms with E-state index in [0.717, 1.165) is 19.3 Å². The van der Waals surface area contributed by atoms with Gasteiger partial charge in [-0.2, -0.15) is 4.98 Å². The van der Waals surface area contributed by atoms with Crippen molar-refractivity contribution in [1.82, 2.24) is 9.97 Å². The first-order valence-electron chi connectivity index (χ1n) is 5.62. The van der Waals surface area contributed by atoms with Crippen molar-refractivity contribution in [2.75, 3.05) is 11.9 Å². The number of ether oxygens (including phenoxy) is 1. The van der Waals surface area contributed by atoms with Crippen LogP contribution in [0.3, 0.4) is 0 Å². The minimum Gasteiger partial charge on any atom is -0.469 e. The summed E-state index contributed by atoms with van der Waals surface area (Å²) in [5, 5.41) is 13.8. The van der Waals surface area contributed by atoms with Gasteiger partial charge in [0.25, 0.3) is 5.88 Å². The van der Waals surface area contributed by atoms with E-state index < -0.39 is 4.92 Å². The van der Waals surface area contributed by atoms with Crippen LogP contribution in [-0.4, -0.2) is 27.5 Å².